The van der Waals surface area contributed by atoms with E-state index < -0.39 is 5.41 Å². The summed E-state index contributed by atoms with van der Waals surface area (Å²) in [6.07, 6.45) is 4.55. The molecule has 4 heteroatoms. The lowest BCUT2D eigenvalue weighted by atomic mass is 9.68. The van der Waals surface area contributed by atoms with Gasteiger partial charge in [-0.2, -0.15) is 0 Å². The number of nitrogens with one attached hydrogen (secondary N) is 1. The van der Waals surface area contributed by atoms with Crippen LogP contribution in [-0.4, -0.2) is 23.0 Å². The number of aromatic nitrogens is 2. The summed E-state index contributed by atoms with van der Waals surface area (Å²) in [5.74, 6) is 0.596. The molecule has 0 aliphatic heterocycles. The van der Waals surface area contributed by atoms with Crippen molar-refractivity contribution in [2.24, 2.45) is 0 Å². The Morgan fingerprint density at radius 1 is 1.47 bits per heavy atom. The lowest BCUT2D eigenvalue weighted by molar-refractivity contribution is -0.151. The van der Waals surface area contributed by atoms with Crippen LogP contribution in [0.2, 0.25) is 0 Å². The minimum Gasteiger partial charge on any atom is -0.468 e. The summed E-state index contributed by atoms with van der Waals surface area (Å²) in [6, 6.07) is 0. The van der Waals surface area contributed by atoms with Crippen molar-refractivity contribution in [3.8, 4) is 0 Å². The van der Waals surface area contributed by atoms with Crippen molar-refractivity contribution in [3.63, 3.8) is 0 Å². The molecule has 0 spiro atoms. The number of esters is 1. The van der Waals surface area contributed by atoms with Crippen LogP contribution in [-0.2, 0) is 20.4 Å². The van der Waals surface area contributed by atoms with E-state index in [1.165, 1.54) is 7.11 Å². The predicted octanol–water partition coefficient (Wildman–Crippen LogP) is 2.30. The number of H-pyrrole nitrogens is 1. The Morgan fingerprint density at radius 2 is 2.12 bits per heavy atom. The first-order valence-electron chi connectivity index (χ1n) is 6.04. The standard InChI is InChI=1S/C13H20N2O2/c1-12(2,3)9-8-14-10(15-9)13(6-5-7-13)11(16)17-4/h8H,5-7H2,1-4H3,(H,14,15). The summed E-state index contributed by atoms with van der Waals surface area (Å²) in [5, 5.41) is 0. The maximum Gasteiger partial charge on any atom is 0.319 e. The molecular formula is C13H20N2O2. The number of carbonyl (C=O) groups excluding carboxylic acids is 1. The highest BCUT2D eigenvalue weighted by molar-refractivity contribution is 5.83. The van der Waals surface area contributed by atoms with E-state index in [2.05, 4.69) is 30.7 Å². The summed E-state index contributed by atoms with van der Waals surface area (Å²) in [7, 11) is 1.44. The number of carbonyl (C=O) groups is 1. The highest BCUT2D eigenvalue weighted by Crippen LogP contribution is 2.43. The highest BCUT2D eigenvalue weighted by Gasteiger charge is 2.49. The zero-order valence-electron chi connectivity index (χ0n) is 11.0. The molecule has 1 fully saturated rings. The van der Waals surface area contributed by atoms with Gasteiger partial charge in [-0.1, -0.05) is 27.2 Å². The fourth-order valence-electron chi connectivity index (χ4n) is 2.21. The number of imidazole rings is 1. The molecular weight excluding hydrogens is 216 g/mol. The molecule has 1 heterocycles. The first kappa shape index (κ1) is 12.1. The molecule has 0 aromatic carbocycles. The fourth-order valence-corrected chi connectivity index (χ4v) is 2.21. The number of methoxy groups -OCH3 is 1. The van der Waals surface area contributed by atoms with Crippen molar-refractivity contribution in [3.05, 3.63) is 17.7 Å². The van der Waals surface area contributed by atoms with E-state index in [9.17, 15) is 4.79 Å². The van der Waals surface area contributed by atoms with Crippen molar-refractivity contribution < 1.29 is 9.53 Å². The molecule has 1 N–H and O–H groups in total. The van der Waals surface area contributed by atoms with Crippen LogP contribution < -0.4 is 0 Å². The molecule has 0 amide bonds. The van der Waals surface area contributed by atoms with Gasteiger partial charge in [0.05, 0.1) is 7.11 Å². The predicted molar refractivity (Wildman–Crippen MR) is 64.8 cm³/mol. The number of ether oxygens (including phenoxy) is 1. The minimum atomic E-state index is -0.516. The number of hydrogen-bond donors (Lipinski definition) is 1. The normalized spacial score (nSPS) is 18.6. The summed E-state index contributed by atoms with van der Waals surface area (Å²) in [5.41, 5.74) is 0.563. The van der Waals surface area contributed by atoms with E-state index in [4.69, 9.17) is 4.74 Å². The molecule has 0 radical (unpaired) electrons. The molecule has 1 aromatic rings. The third-order valence-electron chi connectivity index (χ3n) is 3.62. The summed E-state index contributed by atoms with van der Waals surface area (Å²) in [4.78, 5) is 19.6. The van der Waals surface area contributed by atoms with Crippen LogP contribution in [0.25, 0.3) is 0 Å². The quantitative estimate of drug-likeness (QED) is 0.802. The molecule has 0 bridgehead atoms. The van der Waals surface area contributed by atoms with Gasteiger partial charge in [-0.05, 0) is 12.8 Å². The number of nitrogens with zero attached hydrogens (tertiary/aromatic N) is 1. The van der Waals surface area contributed by atoms with E-state index in [-0.39, 0.29) is 11.4 Å². The molecule has 1 saturated carbocycles. The first-order valence-corrected chi connectivity index (χ1v) is 6.04. The largest absolute Gasteiger partial charge is 0.468 e. The van der Waals surface area contributed by atoms with E-state index in [1.807, 2.05) is 6.20 Å². The molecule has 2 rings (SSSR count). The van der Waals surface area contributed by atoms with Gasteiger partial charge in [0.15, 0.2) is 0 Å². The van der Waals surface area contributed by atoms with Gasteiger partial charge < -0.3 is 9.72 Å². The van der Waals surface area contributed by atoms with Gasteiger partial charge in [-0.15, -0.1) is 0 Å². The molecule has 0 atom stereocenters. The molecule has 17 heavy (non-hydrogen) atoms. The maximum atomic E-state index is 11.9. The summed E-state index contributed by atoms with van der Waals surface area (Å²) in [6.45, 7) is 6.36. The Morgan fingerprint density at radius 3 is 2.47 bits per heavy atom. The monoisotopic (exact) mass is 236 g/mol. The van der Waals surface area contributed by atoms with Crippen LogP contribution in [0.5, 0.6) is 0 Å². The van der Waals surface area contributed by atoms with Crippen molar-refractivity contribution >= 4 is 5.97 Å². The molecule has 0 unspecified atom stereocenters. The van der Waals surface area contributed by atoms with Crippen LogP contribution in [0, 0.1) is 0 Å². The van der Waals surface area contributed by atoms with Gasteiger partial charge in [0.1, 0.15) is 11.2 Å². The lowest BCUT2D eigenvalue weighted by Crippen LogP contribution is -2.44. The van der Waals surface area contributed by atoms with E-state index in [1.54, 1.807) is 0 Å². The molecule has 4 nitrogen and oxygen atoms in total. The van der Waals surface area contributed by atoms with Crippen molar-refractivity contribution in [1.82, 2.24) is 9.97 Å². The number of aromatic amines is 1. The van der Waals surface area contributed by atoms with E-state index >= 15 is 0 Å². The zero-order chi connectivity index (χ0) is 12.7. The van der Waals surface area contributed by atoms with Crippen LogP contribution in [0.4, 0.5) is 0 Å². The minimum absolute atomic E-state index is 0.0201. The second kappa shape index (κ2) is 3.86. The van der Waals surface area contributed by atoms with Crippen LogP contribution >= 0.6 is 0 Å². The van der Waals surface area contributed by atoms with Crippen molar-refractivity contribution in [2.75, 3.05) is 7.11 Å². The fraction of sp³-hybridized carbons (Fsp3) is 0.692. The molecule has 94 valence electrons. The number of rotatable bonds is 2. The molecule has 0 saturated heterocycles. The van der Waals surface area contributed by atoms with Gasteiger partial charge in [-0.25, -0.2) is 4.98 Å². The summed E-state index contributed by atoms with van der Waals surface area (Å²) < 4.78 is 4.91. The van der Waals surface area contributed by atoms with Crippen molar-refractivity contribution in [2.45, 2.75) is 50.9 Å². The zero-order valence-corrected chi connectivity index (χ0v) is 11.0. The second-order valence-electron chi connectivity index (χ2n) is 5.82. The lowest BCUT2D eigenvalue weighted by Gasteiger charge is -2.37. The topological polar surface area (TPSA) is 55.0 Å². The first-order chi connectivity index (χ1) is 7.90. The molecule has 1 aromatic heterocycles. The second-order valence-corrected chi connectivity index (χ2v) is 5.82. The SMILES string of the molecule is COC(=O)C1(c2ncc(C(C)(C)C)[nH]2)CCC1. The average Bonchev–Trinajstić information content (AvgIpc) is 2.64. The summed E-state index contributed by atoms with van der Waals surface area (Å²) >= 11 is 0. The van der Waals surface area contributed by atoms with E-state index in [0.717, 1.165) is 30.8 Å². The highest BCUT2D eigenvalue weighted by atomic mass is 16.5. The van der Waals surface area contributed by atoms with Gasteiger partial charge >= 0.3 is 5.97 Å². The van der Waals surface area contributed by atoms with Crippen LogP contribution in [0.3, 0.4) is 0 Å². The van der Waals surface area contributed by atoms with Gasteiger partial charge in [0, 0.05) is 17.3 Å². The molecule has 1 aliphatic carbocycles. The maximum absolute atomic E-state index is 11.9. The van der Waals surface area contributed by atoms with Gasteiger partial charge in [0.25, 0.3) is 0 Å². The Hall–Kier alpha value is -1.32. The van der Waals surface area contributed by atoms with Gasteiger partial charge in [0.2, 0.25) is 0 Å². The van der Waals surface area contributed by atoms with Crippen LogP contribution in [0.15, 0.2) is 6.20 Å². The Kier molecular flexibility index (Phi) is 2.76. The van der Waals surface area contributed by atoms with Gasteiger partial charge in [-0.3, -0.25) is 4.79 Å². The Bertz CT molecular complexity index is 425. The average molecular weight is 236 g/mol. The molecule has 1 aliphatic rings. The smallest absolute Gasteiger partial charge is 0.319 e. The van der Waals surface area contributed by atoms with Crippen molar-refractivity contribution in [1.29, 1.82) is 0 Å². The van der Waals surface area contributed by atoms with Crippen LogP contribution in [0.1, 0.15) is 51.6 Å². The third kappa shape index (κ3) is 1.85. The third-order valence-corrected chi connectivity index (χ3v) is 3.62. The Balaban J connectivity index is 2.33. The van der Waals surface area contributed by atoms with E-state index in [0.29, 0.717) is 0 Å². The number of hydrogen-bond acceptors (Lipinski definition) is 3. The Labute approximate surface area is 102 Å².